The van der Waals surface area contributed by atoms with Crippen LogP contribution in [0.2, 0.25) is 0 Å². The summed E-state index contributed by atoms with van der Waals surface area (Å²) in [6, 6.07) is -0.896. The van der Waals surface area contributed by atoms with E-state index in [0.29, 0.717) is 0 Å². The van der Waals surface area contributed by atoms with Crippen LogP contribution in [0.5, 0.6) is 0 Å². The third-order valence-electron chi connectivity index (χ3n) is 3.17. The maximum Gasteiger partial charge on any atom is 0.306 e. The Balaban J connectivity index is 2.75. The molecule has 1 saturated heterocycles. The minimum absolute atomic E-state index is 0.0416. The Bertz CT molecular complexity index is 343. The first-order valence-corrected chi connectivity index (χ1v) is 6.37. The summed E-state index contributed by atoms with van der Waals surface area (Å²) >= 11 is 0. The van der Waals surface area contributed by atoms with Gasteiger partial charge in [0.05, 0.1) is 31.7 Å². The van der Waals surface area contributed by atoms with Crippen LogP contribution in [0.1, 0.15) is 34.1 Å². The lowest BCUT2D eigenvalue weighted by atomic mass is 9.92. The van der Waals surface area contributed by atoms with Crippen LogP contribution in [0, 0.1) is 16.0 Å². The summed E-state index contributed by atoms with van der Waals surface area (Å²) < 4.78 is 15.9. The first-order valence-electron chi connectivity index (χ1n) is 6.37. The third kappa shape index (κ3) is 4.43. The van der Waals surface area contributed by atoms with Gasteiger partial charge < -0.3 is 14.2 Å². The molecule has 19 heavy (non-hydrogen) atoms. The van der Waals surface area contributed by atoms with Crippen LogP contribution >= 0.6 is 0 Å². The molecule has 0 aromatic rings. The molecule has 1 fully saturated rings. The number of nitro groups is 1. The van der Waals surface area contributed by atoms with Gasteiger partial charge in [-0.2, -0.15) is 0 Å². The van der Waals surface area contributed by atoms with Crippen LogP contribution in [0.15, 0.2) is 0 Å². The van der Waals surface area contributed by atoms with Crippen LogP contribution in [0.3, 0.4) is 0 Å². The summed E-state index contributed by atoms with van der Waals surface area (Å²) in [4.78, 5) is 22.1. The van der Waals surface area contributed by atoms with Crippen molar-refractivity contribution in [3.63, 3.8) is 0 Å². The highest BCUT2D eigenvalue weighted by Crippen LogP contribution is 2.31. The average Bonchev–Trinajstić information content (AvgIpc) is 2.65. The quantitative estimate of drug-likeness (QED) is 0.413. The smallest absolute Gasteiger partial charge is 0.306 e. The van der Waals surface area contributed by atoms with Crippen molar-refractivity contribution >= 4 is 5.97 Å². The molecule has 0 N–H and O–H groups in total. The summed E-state index contributed by atoms with van der Waals surface area (Å²) in [5, 5.41) is 11.0. The molecule has 3 atom stereocenters. The number of hydrogen-bond acceptors (Lipinski definition) is 6. The van der Waals surface area contributed by atoms with Crippen LogP contribution in [0.25, 0.3) is 0 Å². The lowest BCUT2D eigenvalue weighted by Crippen LogP contribution is -2.39. The molecule has 1 rings (SSSR count). The molecular formula is C12H21NO6. The molecule has 0 radical (unpaired) electrons. The van der Waals surface area contributed by atoms with Gasteiger partial charge in [-0.05, 0) is 20.8 Å². The summed E-state index contributed by atoms with van der Waals surface area (Å²) in [5.74, 6) is -1.78. The molecule has 7 heteroatoms. The van der Waals surface area contributed by atoms with Gasteiger partial charge in [-0.1, -0.05) is 0 Å². The minimum Gasteiger partial charge on any atom is -0.466 e. The van der Waals surface area contributed by atoms with E-state index in [-0.39, 0.29) is 19.6 Å². The number of ether oxygens (including phenoxy) is 3. The Labute approximate surface area is 112 Å². The van der Waals surface area contributed by atoms with E-state index in [1.165, 1.54) is 6.92 Å². The second-order valence-electron chi connectivity index (χ2n) is 5.07. The fraction of sp³-hybridized carbons (Fsp3) is 0.917. The predicted molar refractivity (Wildman–Crippen MR) is 66.1 cm³/mol. The van der Waals surface area contributed by atoms with Gasteiger partial charge in [0.2, 0.25) is 6.04 Å². The summed E-state index contributed by atoms with van der Waals surface area (Å²) in [5.41, 5.74) is 0. The summed E-state index contributed by atoms with van der Waals surface area (Å²) in [6.07, 6.45) is -0.514. The van der Waals surface area contributed by atoms with Gasteiger partial charge in [-0.3, -0.25) is 14.9 Å². The van der Waals surface area contributed by atoms with Crippen LogP contribution in [0.4, 0.5) is 0 Å². The van der Waals surface area contributed by atoms with Crippen molar-refractivity contribution in [2.45, 2.75) is 52.0 Å². The van der Waals surface area contributed by atoms with E-state index in [9.17, 15) is 14.9 Å². The molecule has 0 aliphatic carbocycles. The topological polar surface area (TPSA) is 87.9 Å². The number of nitrogens with zero attached hydrogens (tertiary/aromatic N) is 1. The molecule has 110 valence electrons. The zero-order valence-corrected chi connectivity index (χ0v) is 11.8. The maximum absolute atomic E-state index is 11.6. The highest BCUT2D eigenvalue weighted by atomic mass is 16.7. The lowest BCUT2D eigenvalue weighted by Gasteiger charge is -2.24. The van der Waals surface area contributed by atoms with Crippen molar-refractivity contribution in [3.05, 3.63) is 10.1 Å². The fourth-order valence-electron chi connectivity index (χ4n) is 2.11. The zero-order chi connectivity index (χ0) is 14.6. The molecule has 0 saturated carbocycles. The molecule has 0 bridgehead atoms. The normalized spacial score (nSPS) is 24.7. The van der Waals surface area contributed by atoms with Gasteiger partial charge >= 0.3 is 5.97 Å². The van der Waals surface area contributed by atoms with Gasteiger partial charge in [-0.15, -0.1) is 0 Å². The molecule has 0 spiro atoms. The molecular weight excluding hydrogens is 254 g/mol. The van der Waals surface area contributed by atoms with Crippen molar-refractivity contribution < 1.29 is 23.9 Å². The Kier molecular flexibility index (Phi) is 5.25. The first-order chi connectivity index (χ1) is 8.76. The molecule has 0 amide bonds. The number of carbonyl (C=O) groups is 1. The highest BCUT2D eigenvalue weighted by molar-refractivity contribution is 5.69. The molecule has 1 aliphatic heterocycles. The van der Waals surface area contributed by atoms with Crippen molar-refractivity contribution in [3.8, 4) is 0 Å². The molecule has 1 aliphatic rings. The number of rotatable bonds is 6. The zero-order valence-electron chi connectivity index (χ0n) is 11.8. The van der Waals surface area contributed by atoms with Gasteiger partial charge in [0.1, 0.15) is 0 Å². The second kappa shape index (κ2) is 6.29. The lowest BCUT2D eigenvalue weighted by molar-refractivity contribution is -0.530. The van der Waals surface area contributed by atoms with Crippen molar-refractivity contribution in [2.75, 3.05) is 13.2 Å². The maximum atomic E-state index is 11.6. The SMILES string of the molecule is CCOC(=O)C[C@@H](C(C)[N+](=O)[O-])[C@H]1COC(C)(C)O1. The number of esters is 1. The molecule has 7 nitrogen and oxygen atoms in total. The van der Waals surface area contributed by atoms with E-state index in [2.05, 4.69) is 0 Å². The fourth-order valence-corrected chi connectivity index (χ4v) is 2.11. The largest absolute Gasteiger partial charge is 0.466 e. The first kappa shape index (κ1) is 15.8. The number of hydrogen-bond donors (Lipinski definition) is 0. The average molecular weight is 275 g/mol. The molecule has 1 unspecified atom stereocenters. The van der Waals surface area contributed by atoms with E-state index in [0.717, 1.165) is 0 Å². The van der Waals surface area contributed by atoms with E-state index >= 15 is 0 Å². The predicted octanol–water partition coefficient (Wildman–Crippen LogP) is 1.37. The van der Waals surface area contributed by atoms with E-state index < -0.39 is 34.7 Å². The number of carbonyl (C=O) groups excluding carboxylic acids is 1. The third-order valence-corrected chi connectivity index (χ3v) is 3.17. The molecule has 1 heterocycles. The van der Waals surface area contributed by atoms with E-state index in [1.54, 1.807) is 20.8 Å². The monoisotopic (exact) mass is 275 g/mol. The molecule has 0 aromatic carbocycles. The van der Waals surface area contributed by atoms with Crippen molar-refractivity contribution in [2.24, 2.45) is 5.92 Å². The van der Waals surface area contributed by atoms with Crippen molar-refractivity contribution in [1.29, 1.82) is 0 Å². The highest BCUT2D eigenvalue weighted by Gasteiger charge is 2.44. The van der Waals surface area contributed by atoms with Gasteiger partial charge in [-0.25, -0.2) is 0 Å². The standard InChI is InChI=1S/C12H21NO6/c1-5-17-11(14)6-9(8(2)13(15)16)10-7-18-12(3,4)19-10/h8-10H,5-7H2,1-4H3/t8?,9-,10+/m0/s1. The van der Waals surface area contributed by atoms with E-state index in [4.69, 9.17) is 14.2 Å². The van der Waals surface area contributed by atoms with Crippen LogP contribution < -0.4 is 0 Å². The molecule has 0 aromatic heterocycles. The van der Waals surface area contributed by atoms with Gasteiger partial charge in [0, 0.05) is 11.8 Å². The van der Waals surface area contributed by atoms with Crippen LogP contribution in [-0.2, 0) is 19.0 Å². The van der Waals surface area contributed by atoms with Gasteiger partial charge in [0.15, 0.2) is 5.79 Å². The van der Waals surface area contributed by atoms with Gasteiger partial charge in [0.25, 0.3) is 0 Å². The minimum atomic E-state index is -0.896. The Morgan fingerprint density at radius 3 is 2.63 bits per heavy atom. The summed E-state index contributed by atoms with van der Waals surface area (Å²) in [6.45, 7) is 7.15. The van der Waals surface area contributed by atoms with E-state index in [1.807, 2.05) is 0 Å². The Morgan fingerprint density at radius 2 is 2.21 bits per heavy atom. The van der Waals surface area contributed by atoms with Crippen molar-refractivity contribution in [1.82, 2.24) is 0 Å². The Morgan fingerprint density at radius 1 is 1.58 bits per heavy atom. The second-order valence-corrected chi connectivity index (χ2v) is 5.07. The Hall–Kier alpha value is -1.21. The van der Waals surface area contributed by atoms with Crippen LogP contribution in [-0.4, -0.2) is 42.0 Å². The summed E-state index contributed by atoms with van der Waals surface area (Å²) in [7, 11) is 0.